The minimum absolute atomic E-state index is 0.128. The molecule has 0 atom stereocenters. The maximum atomic E-state index is 12.4. The van der Waals surface area contributed by atoms with Gasteiger partial charge in [0.05, 0.1) is 11.4 Å². The molecule has 2 heterocycles. The van der Waals surface area contributed by atoms with Crippen molar-refractivity contribution < 1.29 is 4.79 Å². The normalized spacial score (nSPS) is 10.9. The molecule has 6 nitrogen and oxygen atoms in total. The monoisotopic (exact) mass is 453 g/mol. The van der Waals surface area contributed by atoms with Gasteiger partial charge in [0.1, 0.15) is 6.33 Å². The van der Waals surface area contributed by atoms with Crippen molar-refractivity contribution in [3.63, 3.8) is 0 Å². The van der Waals surface area contributed by atoms with E-state index in [0.29, 0.717) is 10.3 Å². The van der Waals surface area contributed by atoms with Crippen LogP contribution in [0.2, 0.25) is 0 Å². The van der Waals surface area contributed by atoms with E-state index in [1.165, 1.54) is 33.6 Å². The lowest BCUT2D eigenvalue weighted by atomic mass is 10.2. The lowest BCUT2D eigenvalue weighted by Crippen LogP contribution is -2.14. The topological polar surface area (TPSA) is 72.7 Å². The molecule has 0 unspecified atom stereocenters. The van der Waals surface area contributed by atoms with E-state index in [1.807, 2.05) is 59.5 Å². The Morgan fingerprint density at radius 3 is 2.63 bits per heavy atom. The Morgan fingerprint density at radius 1 is 1.13 bits per heavy atom. The fourth-order valence-electron chi connectivity index (χ4n) is 2.72. The minimum Gasteiger partial charge on any atom is -0.301 e. The van der Waals surface area contributed by atoms with Crippen LogP contribution in [-0.4, -0.2) is 37.7 Å². The molecule has 1 amide bonds. The van der Waals surface area contributed by atoms with Crippen molar-refractivity contribution in [2.45, 2.75) is 17.0 Å². The fourth-order valence-corrected chi connectivity index (χ4v) is 4.59. The maximum absolute atomic E-state index is 12.4. The van der Waals surface area contributed by atoms with Crippen molar-refractivity contribution in [2.75, 3.05) is 17.3 Å². The Balaban J connectivity index is 1.36. The number of rotatable bonds is 7. The van der Waals surface area contributed by atoms with Crippen LogP contribution < -0.4 is 5.32 Å². The Labute approximate surface area is 187 Å². The van der Waals surface area contributed by atoms with Crippen LogP contribution in [0.3, 0.4) is 0 Å². The molecule has 30 heavy (non-hydrogen) atoms. The Morgan fingerprint density at radius 2 is 1.90 bits per heavy atom. The quantitative estimate of drug-likeness (QED) is 0.390. The number of hydrogen-bond donors (Lipinski definition) is 1. The van der Waals surface area contributed by atoms with Gasteiger partial charge < -0.3 is 5.32 Å². The lowest BCUT2D eigenvalue weighted by Gasteiger charge is -2.06. The molecular formula is C21H19N5OS3. The van der Waals surface area contributed by atoms with E-state index in [9.17, 15) is 4.79 Å². The number of aromatic nitrogens is 4. The van der Waals surface area contributed by atoms with Crippen LogP contribution in [0.15, 0.2) is 70.3 Å². The molecule has 0 spiro atoms. The molecule has 0 aliphatic rings. The maximum Gasteiger partial charge on any atom is 0.236 e. The highest BCUT2D eigenvalue weighted by Crippen LogP contribution is 2.27. The summed E-state index contributed by atoms with van der Waals surface area (Å²) in [6.45, 7) is 2.04. The number of nitrogens with zero attached hydrogens (tertiary/aromatic N) is 4. The summed E-state index contributed by atoms with van der Waals surface area (Å²) in [6.07, 6.45) is 3.70. The average Bonchev–Trinajstić information content (AvgIpc) is 3.42. The van der Waals surface area contributed by atoms with Gasteiger partial charge in [-0.25, -0.2) is 4.98 Å². The molecular weight excluding hydrogens is 434 g/mol. The first-order valence-electron chi connectivity index (χ1n) is 9.12. The first kappa shape index (κ1) is 20.6. The van der Waals surface area contributed by atoms with E-state index in [4.69, 9.17) is 0 Å². The minimum atomic E-state index is -0.128. The molecule has 1 N–H and O–H groups in total. The van der Waals surface area contributed by atoms with Gasteiger partial charge in [-0.15, -0.1) is 33.3 Å². The number of nitrogens with one attached hydrogen (secondary N) is 1. The summed E-state index contributed by atoms with van der Waals surface area (Å²) in [7, 11) is 0. The van der Waals surface area contributed by atoms with Crippen LogP contribution in [0, 0.1) is 6.92 Å². The molecule has 0 saturated carbocycles. The van der Waals surface area contributed by atoms with E-state index in [-0.39, 0.29) is 11.7 Å². The number of carbonyl (C=O) groups excluding carboxylic acids is 1. The van der Waals surface area contributed by atoms with Gasteiger partial charge in [-0.05, 0) is 37.4 Å². The molecule has 2 aromatic heterocycles. The van der Waals surface area contributed by atoms with Crippen LogP contribution in [0.1, 0.15) is 5.56 Å². The van der Waals surface area contributed by atoms with Crippen LogP contribution >= 0.6 is 34.9 Å². The van der Waals surface area contributed by atoms with E-state index < -0.39 is 0 Å². The molecule has 9 heteroatoms. The summed E-state index contributed by atoms with van der Waals surface area (Å²) in [5.41, 5.74) is 4.04. The van der Waals surface area contributed by atoms with Crippen LogP contribution in [-0.2, 0) is 4.79 Å². The number of anilines is 1. The molecule has 4 aromatic rings. The third-order valence-corrected chi connectivity index (χ3v) is 6.74. The summed E-state index contributed by atoms with van der Waals surface area (Å²) in [5.74, 6) is 0.0964. The van der Waals surface area contributed by atoms with Crippen LogP contribution in [0.4, 0.5) is 5.13 Å². The van der Waals surface area contributed by atoms with E-state index in [2.05, 4.69) is 32.6 Å². The van der Waals surface area contributed by atoms with Gasteiger partial charge in [-0.3, -0.25) is 9.36 Å². The third kappa shape index (κ3) is 4.92. The Kier molecular flexibility index (Phi) is 6.51. The van der Waals surface area contributed by atoms with Crippen molar-refractivity contribution in [1.29, 1.82) is 0 Å². The first-order valence-corrected chi connectivity index (χ1v) is 12.2. The number of thiazole rings is 1. The lowest BCUT2D eigenvalue weighted by molar-refractivity contribution is -0.113. The highest BCUT2D eigenvalue weighted by Gasteiger charge is 2.12. The van der Waals surface area contributed by atoms with Gasteiger partial charge >= 0.3 is 0 Å². The van der Waals surface area contributed by atoms with Crippen molar-refractivity contribution in [3.05, 3.63) is 65.8 Å². The van der Waals surface area contributed by atoms with Crippen molar-refractivity contribution >= 4 is 45.9 Å². The van der Waals surface area contributed by atoms with Crippen LogP contribution in [0.5, 0.6) is 0 Å². The SMILES string of the molecule is CSc1ccc(-c2csc(NC(=O)CSc3nncn3-c3ccc(C)cc3)n2)cc1. The molecule has 0 radical (unpaired) electrons. The summed E-state index contributed by atoms with van der Waals surface area (Å²) < 4.78 is 1.87. The number of thioether (sulfide) groups is 2. The van der Waals surface area contributed by atoms with Crippen molar-refractivity contribution in [3.8, 4) is 16.9 Å². The molecule has 0 fully saturated rings. The summed E-state index contributed by atoms with van der Waals surface area (Å²) >= 11 is 4.46. The predicted molar refractivity (Wildman–Crippen MR) is 125 cm³/mol. The Bertz CT molecular complexity index is 1140. The average molecular weight is 454 g/mol. The second kappa shape index (κ2) is 9.46. The number of hydrogen-bond acceptors (Lipinski definition) is 7. The highest BCUT2D eigenvalue weighted by atomic mass is 32.2. The van der Waals surface area contributed by atoms with Gasteiger partial charge in [0.25, 0.3) is 0 Å². The van der Waals surface area contributed by atoms with E-state index in [1.54, 1.807) is 18.1 Å². The number of aryl methyl sites for hydroxylation is 1. The smallest absolute Gasteiger partial charge is 0.236 e. The molecule has 2 aromatic carbocycles. The zero-order chi connectivity index (χ0) is 20.9. The molecule has 4 rings (SSSR count). The molecule has 0 aliphatic heterocycles. The highest BCUT2D eigenvalue weighted by molar-refractivity contribution is 7.99. The van der Waals surface area contributed by atoms with Gasteiger partial charge in [-0.2, -0.15) is 0 Å². The van der Waals surface area contributed by atoms with Gasteiger partial charge in [0.15, 0.2) is 10.3 Å². The Hall–Kier alpha value is -2.62. The van der Waals surface area contributed by atoms with Crippen LogP contribution in [0.25, 0.3) is 16.9 Å². The molecule has 0 saturated heterocycles. The molecule has 152 valence electrons. The van der Waals surface area contributed by atoms with Gasteiger partial charge in [-0.1, -0.05) is 41.6 Å². The fraction of sp³-hybridized carbons (Fsp3) is 0.143. The van der Waals surface area contributed by atoms with Crippen molar-refractivity contribution in [2.24, 2.45) is 0 Å². The summed E-state index contributed by atoms with van der Waals surface area (Å²) in [4.78, 5) is 18.1. The summed E-state index contributed by atoms with van der Waals surface area (Å²) in [6, 6.07) is 16.3. The van der Waals surface area contributed by atoms with E-state index >= 15 is 0 Å². The van der Waals surface area contributed by atoms with Gasteiger partial charge in [0, 0.05) is 21.5 Å². The largest absolute Gasteiger partial charge is 0.301 e. The third-order valence-electron chi connectivity index (χ3n) is 4.30. The molecule has 0 aliphatic carbocycles. The zero-order valence-corrected chi connectivity index (χ0v) is 18.9. The number of benzene rings is 2. The van der Waals surface area contributed by atoms with Crippen molar-refractivity contribution in [1.82, 2.24) is 19.7 Å². The zero-order valence-electron chi connectivity index (χ0n) is 16.4. The summed E-state index contributed by atoms with van der Waals surface area (Å²) in [5, 5.41) is 14.2. The standard InChI is InChI=1S/C21H19N5OS3/c1-14-3-7-16(8-4-14)26-13-22-25-21(26)30-12-19(27)24-20-23-18(11-29-20)15-5-9-17(28-2)10-6-15/h3-11,13H,12H2,1-2H3,(H,23,24,27). The van der Waals surface area contributed by atoms with E-state index in [0.717, 1.165) is 16.9 Å². The second-order valence-electron chi connectivity index (χ2n) is 6.42. The second-order valence-corrected chi connectivity index (χ2v) is 9.10. The molecule has 0 bridgehead atoms. The predicted octanol–water partition coefficient (Wildman–Crippen LogP) is 5.15. The van der Waals surface area contributed by atoms with Gasteiger partial charge in [0.2, 0.25) is 5.91 Å². The number of carbonyl (C=O) groups is 1. The first-order chi connectivity index (χ1) is 14.6. The number of amides is 1.